The van der Waals surface area contributed by atoms with Gasteiger partial charge in [-0.2, -0.15) is 0 Å². The molecule has 2 heterocycles. The molecule has 0 saturated carbocycles. The molecular formula is C34H61BO8Si2. The first-order valence-electron chi connectivity index (χ1n) is 16.4. The second-order valence-corrected chi connectivity index (χ2v) is 25.8. The predicted molar refractivity (Wildman–Crippen MR) is 186 cm³/mol. The van der Waals surface area contributed by atoms with Gasteiger partial charge in [0.15, 0.2) is 16.6 Å². The summed E-state index contributed by atoms with van der Waals surface area (Å²) < 4.78 is 44.1. The third kappa shape index (κ3) is 9.32. The lowest BCUT2D eigenvalue weighted by Gasteiger charge is -2.47. The van der Waals surface area contributed by atoms with Crippen LogP contribution in [-0.4, -0.2) is 79.8 Å². The average Bonchev–Trinajstić information content (AvgIpc) is 3.64. The van der Waals surface area contributed by atoms with Crippen molar-refractivity contribution in [2.24, 2.45) is 17.8 Å². The standard InChI is InChI=1S/C34H61BO8Si2/c1-15-26-22-39-35(36)42-29(26)28(23-40-44(11,12)32(3,4)5)31(43-45(13,14)33(6,7)8)34(9)30(41-34)24(2)20-38-21-25-16-18-27(37-10)19-17-25/h15-19,24,26,28-31,36H,1,20-23H2,2-14H3/t24-,26-,28-,29+,30+,31-,34-/m0/s1. The van der Waals surface area contributed by atoms with Crippen LogP contribution in [0, 0.1) is 17.8 Å². The van der Waals surface area contributed by atoms with Gasteiger partial charge in [-0.1, -0.05) is 66.7 Å². The molecule has 0 radical (unpaired) electrons. The van der Waals surface area contributed by atoms with E-state index in [-0.39, 0.29) is 40.0 Å². The highest BCUT2D eigenvalue weighted by molar-refractivity contribution is 6.74. The van der Waals surface area contributed by atoms with Gasteiger partial charge < -0.3 is 37.4 Å². The van der Waals surface area contributed by atoms with E-state index in [2.05, 4.69) is 88.2 Å². The van der Waals surface area contributed by atoms with Gasteiger partial charge in [0.1, 0.15) is 11.4 Å². The van der Waals surface area contributed by atoms with E-state index in [1.165, 1.54) is 0 Å². The largest absolute Gasteiger partial charge is 0.636 e. The summed E-state index contributed by atoms with van der Waals surface area (Å²) in [4.78, 5) is 0. The number of hydrogen-bond acceptors (Lipinski definition) is 8. The Morgan fingerprint density at radius 2 is 1.64 bits per heavy atom. The van der Waals surface area contributed by atoms with Crippen LogP contribution in [0.15, 0.2) is 36.9 Å². The second kappa shape index (κ2) is 14.6. The van der Waals surface area contributed by atoms with Gasteiger partial charge in [0.2, 0.25) is 0 Å². The van der Waals surface area contributed by atoms with E-state index in [0.29, 0.717) is 26.4 Å². The minimum absolute atomic E-state index is 0.0273. The Bertz CT molecular complexity index is 1100. The maximum atomic E-state index is 10.5. The Morgan fingerprint density at radius 1 is 1.04 bits per heavy atom. The van der Waals surface area contributed by atoms with Crippen LogP contribution in [0.5, 0.6) is 5.75 Å². The zero-order valence-electron chi connectivity index (χ0n) is 30.3. The van der Waals surface area contributed by atoms with Crippen molar-refractivity contribution in [3.63, 3.8) is 0 Å². The van der Waals surface area contributed by atoms with Crippen molar-refractivity contribution >= 4 is 24.0 Å². The Labute approximate surface area is 275 Å². The molecule has 1 N–H and O–H groups in total. The summed E-state index contributed by atoms with van der Waals surface area (Å²) in [6, 6.07) is 7.94. The molecule has 7 atom stereocenters. The molecule has 0 aliphatic carbocycles. The number of epoxide rings is 1. The molecule has 0 amide bonds. The predicted octanol–water partition coefficient (Wildman–Crippen LogP) is 7.23. The van der Waals surface area contributed by atoms with Crippen molar-refractivity contribution in [1.29, 1.82) is 0 Å². The fourth-order valence-corrected chi connectivity index (χ4v) is 7.94. The van der Waals surface area contributed by atoms with Crippen LogP contribution in [0.2, 0.25) is 36.3 Å². The molecule has 0 bridgehead atoms. The first-order chi connectivity index (χ1) is 20.7. The molecule has 1 aromatic carbocycles. The van der Waals surface area contributed by atoms with Crippen LogP contribution in [0.1, 0.15) is 61.0 Å². The van der Waals surface area contributed by atoms with Gasteiger partial charge >= 0.3 is 7.32 Å². The van der Waals surface area contributed by atoms with Gasteiger partial charge in [0.25, 0.3) is 0 Å². The normalized spacial score (nSPS) is 26.7. The van der Waals surface area contributed by atoms with E-state index in [0.717, 1.165) is 11.3 Å². The van der Waals surface area contributed by atoms with E-state index in [1.54, 1.807) is 7.11 Å². The van der Waals surface area contributed by atoms with Crippen molar-refractivity contribution in [2.45, 2.75) is 122 Å². The molecule has 1 aromatic rings. The molecule has 3 rings (SSSR count). The third-order valence-corrected chi connectivity index (χ3v) is 19.6. The zero-order chi connectivity index (χ0) is 34.0. The molecule has 8 nitrogen and oxygen atoms in total. The summed E-state index contributed by atoms with van der Waals surface area (Å²) in [5, 5.41) is 10.5. The molecule has 2 aliphatic heterocycles. The number of benzene rings is 1. The van der Waals surface area contributed by atoms with Crippen LogP contribution < -0.4 is 4.74 Å². The van der Waals surface area contributed by atoms with Gasteiger partial charge in [-0.05, 0) is 60.9 Å². The monoisotopic (exact) mass is 664 g/mol. The quantitative estimate of drug-likeness (QED) is 0.119. The SMILES string of the molecule is C=C[C@H]1COB(O)O[C@H]1[C@H](CO[Si](C)(C)C(C)(C)C)[C@H](O[Si](C)(C)C(C)(C)C)[C@@]1(C)O[C@@H]1[C@@H](C)COCc1ccc(OC)cc1. The lowest BCUT2D eigenvalue weighted by molar-refractivity contribution is -0.0881. The first kappa shape index (κ1) is 38.4. The Hall–Kier alpha value is -1.02. The molecule has 45 heavy (non-hydrogen) atoms. The molecular weight excluding hydrogens is 603 g/mol. The van der Waals surface area contributed by atoms with Crippen molar-refractivity contribution < 1.29 is 37.4 Å². The van der Waals surface area contributed by atoms with Gasteiger partial charge in [0.05, 0.1) is 38.6 Å². The van der Waals surface area contributed by atoms with Crippen molar-refractivity contribution in [2.75, 3.05) is 26.9 Å². The zero-order valence-corrected chi connectivity index (χ0v) is 32.3. The summed E-state index contributed by atoms with van der Waals surface area (Å²) in [5.41, 5.74) is 0.494. The number of methoxy groups -OCH3 is 1. The van der Waals surface area contributed by atoms with Crippen LogP contribution in [-0.2, 0) is 34.2 Å². The molecule has 256 valence electrons. The van der Waals surface area contributed by atoms with Crippen LogP contribution >= 0.6 is 0 Å². The van der Waals surface area contributed by atoms with E-state index >= 15 is 0 Å². The van der Waals surface area contributed by atoms with Crippen molar-refractivity contribution in [3.05, 3.63) is 42.5 Å². The molecule has 2 fully saturated rings. The number of ether oxygens (including phenoxy) is 3. The highest BCUT2D eigenvalue weighted by atomic mass is 28.4. The Kier molecular flexibility index (Phi) is 12.5. The minimum Gasteiger partial charge on any atom is -0.497 e. The molecule has 0 aromatic heterocycles. The third-order valence-electron chi connectivity index (χ3n) is 10.7. The number of hydrogen-bond donors (Lipinski definition) is 1. The maximum Gasteiger partial charge on any atom is 0.636 e. The first-order valence-corrected chi connectivity index (χ1v) is 22.3. The van der Waals surface area contributed by atoms with Crippen LogP contribution in [0.4, 0.5) is 0 Å². The summed E-state index contributed by atoms with van der Waals surface area (Å²) in [6.07, 6.45) is 1.01. The van der Waals surface area contributed by atoms with Gasteiger partial charge in [-0.15, -0.1) is 6.58 Å². The Morgan fingerprint density at radius 3 is 2.18 bits per heavy atom. The van der Waals surface area contributed by atoms with Crippen molar-refractivity contribution in [1.82, 2.24) is 0 Å². The minimum atomic E-state index is -2.31. The maximum absolute atomic E-state index is 10.5. The summed E-state index contributed by atoms with van der Waals surface area (Å²) in [6.45, 7) is 32.8. The molecule has 2 aliphatic rings. The van der Waals surface area contributed by atoms with Gasteiger partial charge in [-0.25, -0.2) is 0 Å². The number of rotatable bonds is 15. The lowest BCUT2D eigenvalue weighted by atomic mass is 9.79. The van der Waals surface area contributed by atoms with Gasteiger partial charge in [-0.3, -0.25) is 0 Å². The fourth-order valence-electron chi connectivity index (χ4n) is 5.50. The van der Waals surface area contributed by atoms with Gasteiger partial charge in [0, 0.05) is 31.0 Å². The van der Waals surface area contributed by atoms with Crippen LogP contribution in [0.3, 0.4) is 0 Å². The molecule has 11 heteroatoms. The van der Waals surface area contributed by atoms with E-state index < -0.39 is 35.7 Å². The fraction of sp³-hybridized carbons (Fsp3) is 0.765. The van der Waals surface area contributed by atoms with Crippen molar-refractivity contribution in [3.8, 4) is 5.75 Å². The average molecular weight is 665 g/mol. The van der Waals surface area contributed by atoms with E-state index in [1.807, 2.05) is 30.3 Å². The highest BCUT2D eigenvalue weighted by Crippen LogP contribution is 2.52. The van der Waals surface area contributed by atoms with E-state index in [9.17, 15) is 5.02 Å². The lowest BCUT2D eigenvalue weighted by Crippen LogP contribution is -2.58. The summed E-state index contributed by atoms with van der Waals surface area (Å²) in [7, 11) is -4.10. The second-order valence-electron chi connectivity index (χ2n) is 16.2. The smallest absolute Gasteiger partial charge is 0.497 e. The Balaban J connectivity index is 1.92. The summed E-state index contributed by atoms with van der Waals surface area (Å²) >= 11 is 0. The topological polar surface area (TPSA) is 88.1 Å². The molecule has 0 unspecified atom stereocenters. The highest BCUT2D eigenvalue weighted by Gasteiger charge is 2.65. The summed E-state index contributed by atoms with van der Waals surface area (Å²) in [5.74, 6) is 0.571. The van der Waals surface area contributed by atoms with Crippen LogP contribution in [0.25, 0.3) is 0 Å². The molecule has 2 saturated heterocycles. The molecule has 0 spiro atoms. The van der Waals surface area contributed by atoms with E-state index in [4.69, 9.17) is 32.4 Å².